The van der Waals surface area contributed by atoms with E-state index in [0.717, 1.165) is 13.2 Å². The summed E-state index contributed by atoms with van der Waals surface area (Å²) >= 11 is 0. The smallest absolute Gasteiger partial charge is 0.410 e. The van der Waals surface area contributed by atoms with Crippen LogP contribution in [0.25, 0.3) is 0 Å². The van der Waals surface area contributed by atoms with Gasteiger partial charge in [0.2, 0.25) is 0 Å². The highest BCUT2D eigenvalue weighted by Gasteiger charge is 2.36. The summed E-state index contributed by atoms with van der Waals surface area (Å²) < 4.78 is 16.3. The Hall–Kier alpha value is -0.0551. The normalized spacial score (nSPS) is 22.4. The van der Waals surface area contributed by atoms with Gasteiger partial charge in [0.25, 0.3) is 0 Å². The fourth-order valence-corrected chi connectivity index (χ4v) is 1.47. The van der Waals surface area contributed by atoms with Gasteiger partial charge in [0.05, 0.1) is 6.61 Å². The molecule has 0 bridgehead atoms. The quantitative estimate of drug-likeness (QED) is 0.626. The molecule has 0 atom stereocenters. The lowest BCUT2D eigenvalue weighted by Gasteiger charge is -2.36. The molecule has 76 valence electrons. The van der Waals surface area contributed by atoms with Crippen molar-refractivity contribution in [2.75, 3.05) is 26.9 Å². The summed E-state index contributed by atoms with van der Waals surface area (Å²) in [5.41, 5.74) is 0.0279. The average Bonchev–Trinajstić information content (AvgIpc) is 2.05. The minimum Gasteiger partial charge on any atom is -0.410 e. The molecule has 13 heavy (non-hydrogen) atoms. The van der Waals surface area contributed by atoms with Crippen molar-refractivity contribution in [3.8, 4) is 0 Å². The predicted octanol–water partition coefficient (Wildman–Crippen LogP) is 1.58. The van der Waals surface area contributed by atoms with E-state index in [-0.39, 0.29) is 12.5 Å². The van der Waals surface area contributed by atoms with Gasteiger partial charge in [0.1, 0.15) is 0 Å². The van der Waals surface area contributed by atoms with E-state index in [0.29, 0.717) is 12.4 Å². The van der Waals surface area contributed by atoms with Crippen molar-refractivity contribution in [1.29, 1.82) is 0 Å². The van der Waals surface area contributed by atoms with Crippen LogP contribution in [-0.4, -0.2) is 34.0 Å². The van der Waals surface area contributed by atoms with Crippen LogP contribution in [-0.2, 0) is 14.0 Å². The minimum atomic E-state index is -0.0371. The van der Waals surface area contributed by atoms with Gasteiger partial charge in [0.15, 0.2) is 0 Å². The van der Waals surface area contributed by atoms with E-state index >= 15 is 0 Å². The Balaban J connectivity index is 2.37. The molecule has 4 heteroatoms. The van der Waals surface area contributed by atoms with Gasteiger partial charge in [-0.1, -0.05) is 20.8 Å². The molecular weight excluding hydrogens is 167 g/mol. The maximum absolute atomic E-state index is 5.61. The van der Waals surface area contributed by atoms with Crippen LogP contribution >= 0.6 is 0 Å². The van der Waals surface area contributed by atoms with Crippen LogP contribution < -0.4 is 0 Å². The Morgan fingerprint density at radius 3 is 2.31 bits per heavy atom. The van der Waals surface area contributed by atoms with E-state index in [1.54, 1.807) is 7.11 Å². The van der Waals surface area contributed by atoms with Crippen molar-refractivity contribution in [2.24, 2.45) is 5.41 Å². The monoisotopic (exact) mass is 186 g/mol. The summed E-state index contributed by atoms with van der Waals surface area (Å²) in [5, 5.41) is 0. The fourth-order valence-electron chi connectivity index (χ4n) is 1.47. The first-order valence-electron chi connectivity index (χ1n) is 4.79. The molecule has 1 aliphatic rings. The maximum atomic E-state index is 5.61. The summed E-state index contributed by atoms with van der Waals surface area (Å²) in [4.78, 5) is 0. The summed E-state index contributed by atoms with van der Waals surface area (Å²) in [6.45, 7) is 8.46. The molecule has 0 amide bonds. The van der Waals surface area contributed by atoms with Crippen molar-refractivity contribution in [2.45, 2.75) is 26.6 Å². The second-order valence-corrected chi connectivity index (χ2v) is 4.48. The highest BCUT2D eigenvalue weighted by atomic mass is 16.6. The lowest BCUT2D eigenvalue weighted by molar-refractivity contribution is -0.0330. The molecule has 1 rings (SSSR count). The molecular formula is C9H19BO3. The first-order chi connectivity index (χ1) is 6.07. The van der Waals surface area contributed by atoms with Crippen molar-refractivity contribution in [3.05, 3.63) is 0 Å². The summed E-state index contributed by atoms with van der Waals surface area (Å²) in [6, 6.07) is 0. The van der Waals surface area contributed by atoms with Gasteiger partial charge in [-0.2, -0.15) is 0 Å². The zero-order chi connectivity index (χ0) is 9.90. The van der Waals surface area contributed by atoms with Crippen molar-refractivity contribution >= 4 is 7.12 Å². The van der Waals surface area contributed by atoms with Crippen LogP contribution in [0.2, 0.25) is 5.82 Å². The predicted molar refractivity (Wildman–Crippen MR) is 52.7 cm³/mol. The zero-order valence-corrected chi connectivity index (χ0v) is 9.00. The first kappa shape index (κ1) is 11.0. The first-order valence-corrected chi connectivity index (χ1v) is 4.79. The molecule has 0 saturated carbocycles. The Morgan fingerprint density at radius 2 is 1.92 bits per heavy atom. The van der Waals surface area contributed by atoms with E-state index in [4.69, 9.17) is 14.0 Å². The third-order valence-electron chi connectivity index (χ3n) is 2.23. The van der Waals surface area contributed by atoms with Crippen molar-refractivity contribution < 1.29 is 14.0 Å². The molecule has 0 spiro atoms. The molecule has 0 aromatic rings. The second kappa shape index (κ2) is 4.44. The number of methoxy groups -OCH3 is 1. The van der Waals surface area contributed by atoms with Gasteiger partial charge in [-0.25, -0.2) is 0 Å². The van der Waals surface area contributed by atoms with Gasteiger partial charge in [-0.3, -0.25) is 0 Å². The Morgan fingerprint density at radius 1 is 1.38 bits per heavy atom. The Kier molecular flexibility index (Phi) is 3.77. The van der Waals surface area contributed by atoms with Crippen LogP contribution in [0.4, 0.5) is 0 Å². The van der Waals surface area contributed by atoms with E-state index in [1.807, 2.05) is 0 Å². The largest absolute Gasteiger partial charge is 0.459 e. The molecule has 3 nitrogen and oxygen atoms in total. The highest BCUT2D eigenvalue weighted by molar-refractivity contribution is 6.46. The molecule has 1 saturated heterocycles. The Bertz CT molecular complexity index is 153. The Labute approximate surface area is 80.9 Å². The number of hydrogen-bond donors (Lipinski definition) is 0. The molecule has 1 aliphatic heterocycles. The highest BCUT2D eigenvalue weighted by Crippen LogP contribution is 2.26. The molecule has 0 radical (unpaired) electrons. The van der Waals surface area contributed by atoms with Crippen LogP contribution in [0.15, 0.2) is 0 Å². The zero-order valence-electron chi connectivity index (χ0n) is 9.00. The van der Waals surface area contributed by atoms with Crippen LogP contribution in [0.1, 0.15) is 20.8 Å². The summed E-state index contributed by atoms with van der Waals surface area (Å²) in [7, 11) is 1.67. The second-order valence-electron chi connectivity index (χ2n) is 4.48. The lowest BCUT2D eigenvalue weighted by atomic mass is 9.72. The van der Waals surface area contributed by atoms with Crippen LogP contribution in [0.3, 0.4) is 0 Å². The van der Waals surface area contributed by atoms with Crippen LogP contribution in [0, 0.1) is 5.41 Å². The van der Waals surface area contributed by atoms with Gasteiger partial charge in [-0.05, 0) is 5.82 Å². The molecule has 1 heterocycles. The summed E-state index contributed by atoms with van der Waals surface area (Å²) in [5.74, 6) is 0.423. The topological polar surface area (TPSA) is 27.7 Å². The van der Waals surface area contributed by atoms with Crippen LogP contribution in [0.5, 0.6) is 0 Å². The van der Waals surface area contributed by atoms with Gasteiger partial charge in [-0.15, -0.1) is 0 Å². The molecule has 0 aliphatic carbocycles. The van der Waals surface area contributed by atoms with E-state index in [9.17, 15) is 0 Å². The number of hydrogen-bond acceptors (Lipinski definition) is 3. The van der Waals surface area contributed by atoms with Crippen molar-refractivity contribution in [3.63, 3.8) is 0 Å². The van der Waals surface area contributed by atoms with Gasteiger partial charge >= 0.3 is 7.12 Å². The molecule has 0 aromatic carbocycles. The third-order valence-corrected chi connectivity index (χ3v) is 2.23. The summed E-state index contributed by atoms with van der Waals surface area (Å²) in [6.07, 6.45) is 0. The van der Waals surface area contributed by atoms with Crippen molar-refractivity contribution in [1.82, 2.24) is 0 Å². The minimum absolute atomic E-state index is 0.0279. The van der Waals surface area contributed by atoms with Gasteiger partial charge < -0.3 is 14.0 Å². The number of rotatable bonds is 3. The third kappa shape index (κ3) is 2.97. The van der Waals surface area contributed by atoms with E-state index in [2.05, 4.69) is 20.8 Å². The molecule has 0 aromatic heterocycles. The SMILES string of the molecule is COCC1(C)COB(C(C)C)OC1. The lowest BCUT2D eigenvalue weighted by Crippen LogP contribution is -2.45. The van der Waals surface area contributed by atoms with E-state index < -0.39 is 0 Å². The van der Waals surface area contributed by atoms with Gasteiger partial charge in [0, 0.05) is 25.7 Å². The standard InChI is InChI=1S/C9H19BO3/c1-8(2)10-12-6-9(3,5-11-4)7-13-10/h8H,5-7H2,1-4H3. The average molecular weight is 186 g/mol. The molecule has 0 unspecified atom stereocenters. The number of ether oxygens (including phenoxy) is 1. The van der Waals surface area contributed by atoms with E-state index in [1.165, 1.54) is 0 Å². The molecule has 1 fully saturated rings. The molecule has 0 N–H and O–H groups in total. The maximum Gasteiger partial charge on any atom is 0.459 e. The fraction of sp³-hybridized carbons (Fsp3) is 1.00.